The summed E-state index contributed by atoms with van der Waals surface area (Å²) in [4.78, 5) is 0. The maximum absolute atomic E-state index is 14.2. The van der Waals surface area contributed by atoms with Crippen LogP contribution in [0.2, 0.25) is 0 Å². The van der Waals surface area contributed by atoms with Crippen LogP contribution >= 0.6 is 0 Å². The molecule has 1 aromatic carbocycles. The van der Waals surface area contributed by atoms with E-state index in [4.69, 9.17) is 0 Å². The average molecular weight is 297 g/mol. The molecule has 0 atom stereocenters. The zero-order valence-electron chi connectivity index (χ0n) is 11.2. The maximum Gasteiger partial charge on any atom is 0.268 e. The molecular weight excluding hydrogens is 283 g/mol. The zero-order chi connectivity index (χ0) is 15.2. The lowest BCUT2D eigenvalue weighted by Gasteiger charge is -2.36. The van der Waals surface area contributed by atoms with Gasteiger partial charge in [0, 0.05) is 5.56 Å². The van der Waals surface area contributed by atoms with Crippen molar-refractivity contribution in [2.45, 2.75) is 37.8 Å². The van der Waals surface area contributed by atoms with Gasteiger partial charge >= 0.3 is 0 Å². The smallest absolute Gasteiger partial charge is 0.268 e. The Bertz CT molecular complexity index is 707. The first-order valence-electron chi connectivity index (χ1n) is 6.64. The van der Waals surface area contributed by atoms with Crippen molar-refractivity contribution in [3.8, 4) is 0 Å². The van der Waals surface area contributed by atoms with Gasteiger partial charge < -0.3 is 5.11 Å². The molecule has 2 aromatic rings. The number of halogens is 3. The molecule has 0 radical (unpaired) electrons. The van der Waals surface area contributed by atoms with E-state index in [1.165, 1.54) is 16.8 Å². The van der Waals surface area contributed by atoms with Gasteiger partial charge in [0.25, 0.3) is 6.43 Å². The molecule has 1 aliphatic rings. The Morgan fingerprint density at radius 1 is 1.48 bits per heavy atom. The Morgan fingerprint density at radius 2 is 2.19 bits per heavy atom. The van der Waals surface area contributed by atoms with Crippen molar-refractivity contribution >= 4 is 17.1 Å². The molecule has 0 aliphatic heterocycles. The molecule has 1 aromatic heterocycles. The molecule has 0 bridgehead atoms. The van der Waals surface area contributed by atoms with Crippen molar-refractivity contribution in [3.05, 3.63) is 29.6 Å². The van der Waals surface area contributed by atoms with E-state index >= 15 is 0 Å². The molecule has 3 rings (SSSR count). The fraction of sp³-hybridized carbons (Fsp3) is 0.429. The number of aromatic nitrogens is 3. The second-order valence-electron chi connectivity index (χ2n) is 5.39. The summed E-state index contributed by atoms with van der Waals surface area (Å²) in [6.07, 6.45) is 0.191. The van der Waals surface area contributed by atoms with Gasteiger partial charge in [-0.3, -0.25) is 0 Å². The van der Waals surface area contributed by atoms with Gasteiger partial charge in [0.1, 0.15) is 16.9 Å². The van der Waals surface area contributed by atoms with E-state index in [1.54, 1.807) is 0 Å². The largest absolute Gasteiger partial charge is 0.388 e. The van der Waals surface area contributed by atoms with Crippen LogP contribution in [0, 0.1) is 5.82 Å². The topological polar surface area (TPSA) is 50.9 Å². The summed E-state index contributed by atoms with van der Waals surface area (Å²) in [7, 11) is 0. The van der Waals surface area contributed by atoms with Gasteiger partial charge in [-0.25, -0.2) is 17.9 Å². The summed E-state index contributed by atoms with van der Waals surface area (Å²) in [5.41, 5.74) is -1.63. The third-order valence-electron chi connectivity index (χ3n) is 3.96. The number of rotatable bonds is 4. The number of fused-ring (bicyclic) bond motifs is 1. The van der Waals surface area contributed by atoms with Gasteiger partial charge in [0.15, 0.2) is 0 Å². The van der Waals surface area contributed by atoms with Crippen molar-refractivity contribution in [1.82, 2.24) is 15.0 Å². The van der Waals surface area contributed by atoms with Crippen LogP contribution in [0.5, 0.6) is 0 Å². The lowest BCUT2D eigenvalue weighted by molar-refractivity contribution is -0.0493. The Balaban J connectivity index is 2.19. The fourth-order valence-corrected chi connectivity index (χ4v) is 2.65. The van der Waals surface area contributed by atoms with E-state index in [2.05, 4.69) is 16.9 Å². The van der Waals surface area contributed by atoms with Crippen molar-refractivity contribution in [3.63, 3.8) is 0 Å². The van der Waals surface area contributed by atoms with Crippen LogP contribution in [0.1, 0.15) is 36.8 Å². The molecule has 1 fully saturated rings. The molecule has 1 aliphatic carbocycles. The number of hydrogen-bond acceptors (Lipinski definition) is 3. The summed E-state index contributed by atoms with van der Waals surface area (Å²) in [5, 5.41) is 17.8. The summed E-state index contributed by atoms with van der Waals surface area (Å²) < 4.78 is 41.8. The first-order valence-corrected chi connectivity index (χ1v) is 6.64. The van der Waals surface area contributed by atoms with Crippen molar-refractivity contribution in [1.29, 1.82) is 0 Å². The van der Waals surface area contributed by atoms with Crippen LogP contribution in [0.15, 0.2) is 12.6 Å². The van der Waals surface area contributed by atoms with Crippen molar-refractivity contribution in [2.24, 2.45) is 0 Å². The van der Waals surface area contributed by atoms with E-state index < -0.39 is 23.4 Å². The minimum absolute atomic E-state index is 0.0350. The third kappa shape index (κ3) is 2.21. The highest BCUT2D eigenvalue weighted by Gasteiger charge is 2.36. The number of hydrogen-bond donors (Lipinski definition) is 1. The molecule has 1 heterocycles. The predicted octanol–water partition coefficient (Wildman–Crippen LogP) is 3.07. The highest BCUT2D eigenvalue weighted by atomic mass is 19.3. The van der Waals surface area contributed by atoms with E-state index in [-0.39, 0.29) is 23.1 Å². The predicted molar refractivity (Wildman–Crippen MR) is 71.3 cm³/mol. The fourth-order valence-electron chi connectivity index (χ4n) is 2.65. The molecule has 0 amide bonds. The summed E-state index contributed by atoms with van der Waals surface area (Å²) in [6, 6.07) is 1.33. The SMILES string of the molecule is C=Cc1cc2nnn(CC3(O)CCC3)c2c(C(F)F)c1F. The molecule has 4 nitrogen and oxygen atoms in total. The zero-order valence-corrected chi connectivity index (χ0v) is 11.2. The second-order valence-corrected chi connectivity index (χ2v) is 5.39. The molecule has 0 unspecified atom stereocenters. The van der Waals surface area contributed by atoms with E-state index in [0.29, 0.717) is 12.8 Å². The highest BCUT2D eigenvalue weighted by Crippen LogP contribution is 2.36. The van der Waals surface area contributed by atoms with E-state index in [9.17, 15) is 18.3 Å². The average Bonchev–Trinajstić information content (AvgIpc) is 2.78. The number of alkyl halides is 2. The molecule has 0 saturated heterocycles. The quantitative estimate of drug-likeness (QED) is 0.943. The Hall–Kier alpha value is -1.89. The normalized spacial score (nSPS) is 17.2. The third-order valence-corrected chi connectivity index (χ3v) is 3.96. The highest BCUT2D eigenvalue weighted by molar-refractivity contribution is 5.82. The van der Waals surface area contributed by atoms with Gasteiger partial charge in [-0.2, -0.15) is 0 Å². The summed E-state index contributed by atoms with van der Waals surface area (Å²) in [5.74, 6) is -1.02. The van der Waals surface area contributed by atoms with Crippen LogP contribution in [0.25, 0.3) is 17.1 Å². The minimum Gasteiger partial charge on any atom is -0.388 e. The number of nitrogens with zero attached hydrogens (tertiary/aromatic N) is 3. The summed E-state index contributed by atoms with van der Waals surface area (Å²) in [6.45, 7) is 3.45. The number of aliphatic hydroxyl groups is 1. The van der Waals surface area contributed by atoms with Gasteiger partial charge in [-0.05, 0) is 25.3 Å². The lowest BCUT2D eigenvalue weighted by atomic mass is 9.80. The van der Waals surface area contributed by atoms with Crippen molar-refractivity contribution in [2.75, 3.05) is 0 Å². The Labute approximate surface area is 118 Å². The molecule has 112 valence electrons. The molecule has 1 saturated carbocycles. The maximum atomic E-state index is 14.2. The van der Waals surface area contributed by atoms with Crippen molar-refractivity contribution < 1.29 is 18.3 Å². The molecule has 0 spiro atoms. The van der Waals surface area contributed by atoms with Crippen LogP contribution < -0.4 is 0 Å². The summed E-state index contributed by atoms with van der Waals surface area (Å²) >= 11 is 0. The first kappa shape index (κ1) is 14.1. The molecule has 1 N–H and O–H groups in total. The Morgan fingerprint density at radius 3 is 2.71 bits per heavy atom. The molecule has 21 heavy (non-hydrogen) atoms. The van der Waals surface area contributed by atoms with E-state index in [1.807, 2.05) is 0 Å². The monoisotopic (exact) mass is 297 g/mol. The second kappa shape index (κ2) is 4.84. The van der Waals surface area contributed by atoms with Crippen LogP contribution in [-0.2, 0) is 6.54 Å². The lowest BCUT2D eigenvalue weighted by Crippen LogP contribution is -2.41. The van der Waals surface area contributed by atoms with Crippen LogP contribution in [-0.4, -0.2) is 25.7 Å². The van der Waals surface area contributed by atoms with Crippen LogP contribution in [0.4, 0.5) is 13.2 Å². The Kier molecular flexibility index (Phi) is 3.24. The van der Waals surface area contributed by atoms with Gasteiger partial charge in [-0.1, -0.05) is 17.9 Å². The molecular formula is C14H14F3N3O. The number of benzene rings is 1. The van der Waals surface area contributed by atoms with Gasteiger partial charge in [-0.15, -0.1) is 5.10 Å². The minimum atomic E-state index is -3.00. The standard InChI is InChI=1S/C14H14F3N3O/c1-2-8-6-9-12(10(11(8)15)13(16)17)20(19-18-9)7-14(21)4-3-5-14/h2,6,13,21H,1,3-5,7H2. The van der Waals surface area contributed by atoms with Crippen LogP contribution in [0.3, 0.4) is 0 Å². The van der Waals surface area contributed by atoms with E-state index in [0.717, 1.165) is 6.42 Å². The van der Waals surface area contributed by atoms with Gasteiger partial charge in [0.2, 0.25) is 0 Å². The van der Waals surface area contributed by atoms with Gasteiger partial charge in [0.05, 0.1) is 17.7 Å². The molecule has 7 heteroatoms. The first-order chi connectivity index (χ1) is 9.95.